The summed E-state index contributed by atoms with van der Waals surface area (Å²) in [5, 5.41) is 7.01. The molecule has 0 radical (unpaired) electrons. The van der Waals surface area contributed by atoms with Crippen molar-refractivity contribution >= 4 is 21.4 Å². The van der Waals surface area contributed by atoms with E-state index in [0.29, 0.717) is 0 Å². The van der Waals surface area contributed by atoms with Crippen LogP contribution in [0.4, 0.5) is 0 Å². The number of rotatable bonds is 3. The van der Waals surface area contributed by atoms with E-state index >= 15 is 0 Å². The van der Waals surface area contributed by atoms with Crippen LogP contribution < -0.4 is 10.1 Å². The Bertz CT molecular complexity index is 532. The van der Waals surface area contributed by atoms with Crippen molar-refractivity contribution in [3.63, 3.8) is 0 Å². The number of hydrogen-bond donors (Lipinski definition) is 1. The van der Waals surface area contributed by atoms with Crippen LogP contribution in [-0.4, -0.2) is 38.2 Å². The molecule has 0 bridgehead atoms. The van der Waals surface area contributed by atoms with Gasteiger partial charge in [0, 0.05) is 38.1 Å². The fourth-order valence-electron chi connectivity index (χ4n) is 2.48. The molecule has 0 aliphatic carbocycles. The number of hydrogen-bond acceptors (Lipinski definition) is 4. The van der Waals surface area contributed by atoms with Gasteiger partial charge in [-0.2, -0.15) is 0 Å². The van der Waals surface area contributed by atoms with Gasteiger partial charge in [-0.1, -0.05) is 12.1 Å². The van der Waals surface area contributed by atoms with Crippen LogP contribution in [0.2, 0.25) is 0 Å². The Morgan fingerprint density at radius 2 is 2.17 bits per heavy atom. The number of nitrogens with one attached hydrogen (secondary N) is 1. The van der Waals surface area contributed by atoms with Crippen LogP contribution in [0.1, 0.15) is 5.56 Å². The third kappa shape index (κ3) is 2.23. The van der Waals surface area contributed by atoms with E-state index in [4.69, 9.17) is 4.74 Å². The fraction of sp³-hybridized carbons (Fsp3) is 0.429. The van der Waals surface area contributed by atoms with E-state index in [1.54, 1.807) is 18.4 Å². The van der Waals surface area contributed by atoms with Gasteiger partial charge in [-0.25, -0.2) is 0 Å². The molecule has 0 atom stereocenters. The molecule has 18 heavy (non-hydrogen) atoms. The molecule has 1 aromatic heterocycles. The zero-order chi connectivity index (χ0) is 12.4. The van der Waals surface area contributed by atoms with E-state index in [1.807, 2.05) is 6.07 Å². The third-order valence-electron chi connectivity index (χ3n) is 3.47. The van der Waals surface area contributed by atoms with Gasteiger partial charge < -0.3 is 10.1 Å². The van der Waals surface area contributed by atoms with Crippen molar-refractivity contribution in [2.24, 2.45) is 0 Å². The van der Waals surface area contributed by atoms with Crippen molar-refractivity contribution in [3.05, 3.63) is 29.1 Å². The minimum absolute atomic E-state index is 0.990. The summed E-state index contributed by atoms with van der Waals surface area (Å²) in [5.74, 6) is 0.990. The highest BCUT2D eigenvalue weighted by molar-refractivity contribution is 7.17. The maximum Gasteiger partial charge on any atom is 0.136 e. The summed E-state index contributed by atoms with van der Waals surface area (Å²) in [5.41, 5.74) is 1.43. The van der Waals surface area contributed by atoms with Crippen LogP contribution in [0, 0.1) is 0 Å². The van der Waals surface area contributed by atoms with Crippen LogP contribution in [0.25, 0.3) is 10.1 Å². The predicted molar refractivity (Wildman–Crippen MR) is 76.5 cm³/mol. The summed E-state index contributed by atoms with van der Waals surface area (Å²) in [6, 6.07) is 6.31. The number of piperazine rings is 1. The first kappa shape index (κ1) is 12.0. The van der Waals surface area contributed by atoms with Gasteiger partial charge in [0.25, 0.3) is 0 Å². The molecule has 96 valence electrons. The summed E-state index contributed by atoms with van der Waals surface area (Å²) in [7, 11) is 1.74. The first-order valence-electron chi connectivity index (χ1n) is 6.34. The molecule has 3 rings (SSSR count). The van der Waals surface area contributed by atoms with Crippen LogP contribution in [0.15, 0.2) is 23.6 Å². The van der Waals surface area contributed by atoms with Gasteiger partial charge >= 0.3 is 0 Å². The van der Waals surface area contributed by atoms with Gasteiger partial charge in [0.2, 0.25) is 0 Å². The van der Waals surface area contributed by atoms with E-state index in [-0.39, 0.29) is 0 Å². The van der Waals surface area contributed by atoms with Gasteiger partial charge in [0.15, 0.2) is 0 Å². The SMILES string of the molecule is COc1cccc2c(CN3CCNCC3)csc12. The number of fused-ring (bicyclic) bond motifs is 1. The van der Waals surface area contributed by atoms with E-state index < -0.39 is 0 Å². The lowest BCUT2D eigenvalue weighted by Gasteiger charge is -2.26. The smallest absolute Gasteiger partial charge is 0.136 e. The zero-order valence-corrected chi connectivity index (χ0v) is 11.4. The first-order chi connectivity index (χ1) is 8.88. The maximum atomic E-state index is 5.42. The van der Waals surface area contributed by atoms with Crippen LogP contribution in [-0.2, 0) is 6.54 Å². The van der Waals surface area contributed by atoms with Gasteiger partial charge in [-0.15, -0.1) is 11.3 Å². The van der Waals surface area contributed by atoms with Gasteiger partial charge in [-0.3, -0.25) is 4.90 Å². The highest BCUT2D eigenvalue weighted by Crippen LogP contribution is 2.34. The molecule has 0 spiro atoms. The molecule has 3 nitrogen and oxygen atoms in total. The number of ether oxygens (including phenoxy) is 1. The van der Waals surface area contributed by atoms with Crippen molar-refractivity contribution < 1.29 is 4.74 Å². The molecular weight excluding hydrogens is 244 g/mol. The molecule has 0 unspecified atom stereocenters. The number of methoxy groups -OCH3 is 1. The van der Waals surface area contributed by atoms with E-state index in [1.165, 1.54) is 15.6 Å². The van der Waals surface area contributed by atoms with Crippen molar-refractivity contribution in [1.82, 2.24) is 10.2 Å². The first-order valence-corrected chi connectivity index (χ1v) is 7.22. The Hall–Kier alpha value is -1.10. The van der Waals surface area contributed by atoms with Crippen molar-refractivity contribution in [2.75, 3.05) is 33.3 Å². The van der Waals surface area contributed by atoms with Crippen molar-refractivity contribution in [1.29, 1.82) is 0 Å². The number of benzene rings is 1. The Labute approximate surface area is 111 Å². The summed E-state index contributed by atoms with van der Waals surface area (Å²) >= 11 is 1.79. The number of thiophene rings is 1. The molecule has 1 aliphatic rings. The molecule has 0 amide bonds. The Kier molecular flexibility index (Phi) is 3.50. The normalized spacial score (nSPS) is 17.2. The third-order valence-corrected chi connectivity index (χ3v) is 4.53. The van der Waals surface area contributed by atoms with E-state index in [2.05, 4.69) is 27.7 Å². The lowest BCUT2D eigenvalue weighted by atomic mass is 10.1. The van der Waals surface area contributed by atoms with E-state index in [0.717, 1.165) is 38.5 Å². The second-order valence-corrected chi connectivity index (χ2v) is 5.50. The molecule has 1 fully saturated rings. The second kappa shape index (κ2) is 5.26. The summed E-state index contributed by atoms with van der Waals surface area (Å²) in [6.07, 6.45) is 0. The zero-order valence-electron chi connectivity index (χ0n) is 10.6. The van der Waals surface area contributed by atoms with Crippen molar-refractivity contribution in [2.45, 2.75) is 6.54 Å². The highest BCUT2D eigenvalue weighted by atomic mass is 32.1. The Morgan fingerprint density at radius 3 is 2.94 bits per heavy atom. The topological polar surface area (TPSA) is 24.5 Å². The maximum absolute atomic E-state index is 5.42. The molecule has 1 aromatic carbocycles. The minimum Gasteiger partial charge on any atom is -0.495 e. The summed E-state index contributed by atoms with van der Waals surface area (Å²) in [6.45, 7) is 5.54. The molecule has 0 saturated carbocycles. The van der Waals surface area contributed by atoms with Gasteiger partial charge in [-0.05, 0) is 17.0 Å². The average molecular weight is 262 g/mol. The quantitative estimate of drug-likeness (QED) is 0.918. The van der Waals surface area contributed by atoms with Crippen LogP contribution in [0.5, 0.6) is 5.75 Å². The van der Waals surface area contributed by atoms with Crippen LogP contribution >= 0.6 is 11.3 Å². The molecule has 4 heteroatoms. The fourth-order valence-corrected chi connectivity index (χ4v) is 3.53. The van der Waals surface area contributed by atoms with Crippen LogP contribution in [0.3, 0.4) is 0 Å². The van der Waals surface area contributed by atoms with Gasteiger partial charge in [0.1, 0.15) is 5.75 Å². The second-order valence-electron chi connectivity index (χ2n) is 4.62. The number of nitrogens with zero attached hydrogens (tertiary/aromatic N) is 1. The largest absolute Gasteiger partial charge is 0.495 e. The molecular formula is C14H18N2OS. The van der Waals surface area contributed by atoms with Crippen molar-refractivity contribution in [3.8, 4) is 5.75 Å². The molecule has 1 N–H and O–H groups in total. The average Bonchev–Trinajstić information content (AvgIpc) is 2.83. The molecule has 2 heterocycles. The molecule has 1 aliphatic heterocycles. The monoisotopic (exact) mass is 262 g/mol. The summed E-state index contributed by atoms with van der Waals surface area (Å²) in [4.78, 5) is 2.51. The lowest BCUT2D eigenvalue weighted by Crippen LogP contribution is -2.42. The predicted octanol–water partition coefficient (Wildman–Crippen LogP) is 2.32. The van der Waals surface area contributed by atoms with Gasteiger partial charge in [0.05, 0.1) is 11.8 Å². The highest BCUT2D eigenvalue weighted by Gasteiger charge is 2.13. The standard InChI is InChI=1S/C14H18N2OS/c1-17-13-4-2-3-12-11(10-18-14(12)13)9-16-7-5-15-6-8-16/h2-4,10,15H,5-9H2,1H3. The molecule has 2 aromatic rings. The Morgan fingerprint density at radius 1 is 1.33 bits per heavy atom. The Balaban J connectivity index is 1.88. The molecule has 1 saturated heterocycles. The summed E-state index contributed by atoms with van der Waals surface area (Å²) < 4.78 is 6.69. The van der Waals surface area contributed by atoms with E-state index in [9.17, 15) is 0 Å². The lowest BCUT2D eigenvalue weighted by molar-refractivity contribution is 0.234. The minimum atomic E-state index is 0.990.